The number of carbonyl (C=O) groups excluding carboxylic acids is 1. The first-order chi connectivity index (χ1) is 13.0. The van der Waals surface area contributed by atoms with Gasteiger partial charge in [0.15, 0.2) is 0 Å². The van der Waals surface area contributed by atoms with Crippen molar-refractivity contribution in [2.24, 2.45) is 0 Å². The van der Waals surface area contributed by atoms with Gasteiger partial charge in [-0.05, 0) is 43.9 Å². The van der Waals surface area contributed by atoms with Gasteiger partial charge in [-0.1, -0.05) is 50.1 Å². The van der Waals surface area contributed by atoms with E-state index in [4.69, 9.17) is 11.6 Å². The maximum absolute atomic E-state index is 12.9. The van der Waals surface area contributed by atoms with E-state index in [1.807, 2.05) is 0 Å². The first-order valence-corrected chi connectivity index (χ1v) is 11.9. The van der Waals surface area contributed by atoms with Gasteiger partial charge in [0, 0.05) is 19.1 Å². The van der Waals surface area contributed by atoms with E-state index in [0.29, 0.717) is 13.1 Å². The standard InChI is InChI=1S/C20H29ClN2O3S/c21-19-12-11-17(27(25,26)23-13-7-4-8-14-23)15-18(19)20(24)22-16-9-5-2-1-3-6-10-16/h11-12,15-16H,1-10,13-14H2,(H,22,24). The summed E-state index contributed by atoms with van der Waals surface area (Å²) in [6.07, 6.45) is 10.6. The number of piperidine rings is 1. The lowest BCUT2D eigenvalue weighted by Crippen LogP contribution is -2.37. The fourth-order valence-electron chi connectivity index (χ4n) is 3.96. The van der Waals surface area contributed by atoms with Crippen LogP contribution in [0.25, 0.3) is 0 Å². The number of benzene rings is 1. The number of nitrogens with zero attached hydrogens (tertiary/aromatic N) is 1. The van der Waals surface area contributed by atoms with Crippen molar-refractivity contribution >= 4 is 27.5 Å². The SMILES string of the molecule is O=C(NC1CCCCCCC1)c1cc(S(=O)(=O)N2CCCCC2)ccc1Cl. The largest absolute Gasteiger partial charge is 0.349 e. The van der Waals surface area contributed by atoms with Gasteiger partial charge in [-0.15, -0.1) is 0 Å². The van der Waals surface area contributed by atoms with Gasteiger partial charge in [-0.2, -0.15) is 4.31 Å². The summed E-state index contributed by atoms with van der Waals surface area (Å²) >= 11 is 6.23. The molecule has 1 amide bonds. The van der Waals surface area contributed by atoms with Gasteiger partial charge in [-0.25, -0.2) is 8.42 Å². The van der Waals surface area contributed by atoms with E-state index in [1.54, 1.807) is 0 Å². The van der Waals surface area contributed by atoms with Crippen LogP contribution in [0.4, 0.5) is 0 Å². The van der Waals surface area contributed by atoms with Crippen LogP contribution >= 0.6 is 11.6 Å². The lowest BCUT2D eigenvalue weighted by atomic mass is 9.96. The minimum atomic E-state index is -3.58. The van der Waals surface area contributed by atoms with Crippen molar-refractivity contribution < 1.29 is 13.2 Å². The van der Waals surface area contributed by atoms with Crippen molar-refractivity contribution in [3.8, 4) is 0 Å². The predicted octanol–water partition coefficient (Wildman–Crippen LogP) is 4.36. The maximum atomic E-state index is 12.9. The van der Waals surface area contributed by atoms with E-state index in [2.05, 4.69) is 5.32 Å². The van der Waals surface area contributed by atoms with Crippen LogP contribution in [0.3, 0.4) is 0 Å². The van der Waals surface area contributed by atoms with E-state index in [1.165, 1.54) is 41.8 Å². The fourth-order valence-corrected chi connectivity index (χ4v) is 5.70. The van der Waals surface area contributed by atoms with Crippen LogP contribution in [-0.4, -0.2) is 37.8 Å². The number of sulfonamides is 1. The molecule has 1 heterocycles. The molecule has 1 aliphatic carbocycles. The Hall–Kier alpha value is -1.11. The fraction of sp³-hybridized carbons (Fsp3) is 0.650. The number of amides is 1. The molecule has 150 valence electrons. The third-order valence-corrected chi connectivity index (χ3v) is 7.80. The topological polar surface area (TPSA) is 66.5 Å². The Bertz CT molecular complexity index is 752. The Balaban J connectivity index is 1.77. The van der Waals surface area contributed by atoms with Crippen molar-refractivity contribution in [1.29, 1.82) is 0 Å². The molecule has 5 nitrogen and oxygen atoms in total. The molecule has 1 saturated heterocycles. The normalized spacial score (nSPS) is 20.6. The van der Waals surface area contributed by atoms with Crippen molar-refractivity contribution in [1.82, 2.24) is 9.62 Å². The molecule has 1 aromatic rings. The quantitative estimate of drug-likeness (QED) is 0.798. The summed E-state index contributed by atoms with van der Waals surface area (Å²) in [6.45, 7) is 1.07. The van der Waals surface area contributed by atoms with E-state index < -0.39 is 10.0 Å². The van der Waals surface area contributed by atoms with Gasteiger partial charge in [0.2, 0.25) is 10.0 Å². The summed E-state index contributed by atoms with van der Waals surface area (Å²) in [5.41, 5.74) is 0.247. The number of carbonyl (C=O) groups is 1. The first-order valence-electron chi connectivity index (χ1n) is 10.1. The van der Waals surface area contributed by atoms with Gasteiger partial charge in [-0.3, -0.25) is 4.79 Å². The Morgan fingerprint density at radius 1 is 0.963 bits per heavy atom. The average molecular weight is 413 g/mol. The highest BCUT2D eigenvalue weighted by Gasteiger charge is 2.27. The van der Waals surface area contributed by atoms with E-state index in [9.17, 15) is 13.2 Å². The second-order valence-electron chi connectivity index (χ2n) is 7.62. The van der Waals surface area contributed by atoms with Gasteiger partial charge in [0.05, 0.1) is 15.5 Å². The molecule has 1 N–H and O–H groups in total. The zero-order valence-corrected chi connectivity index (χ0v) is 17.3. The van der Waals surface area contributed by atoms with E-state index >= 15 is 0 Å². The average Bonchev–Trinajstić information content (AvgIpc) is 2.64. The van der Waals surface area contributed by atoms with Gasteiger partial charge >= 0.3 is 0 Å². The zero-order valence-electron chi connectivity index (χ0n) is 15.8. The summed E-state index contributed by atoms with van der Waals surface area (Å²) in [6, 6.07) is 4.59. The molecule has 0 aromatic heterocycles. The number of hydrogen-bond acceptors (Lipinski definition) is 3. The molecule has 7 heteroatoms. The number of nitrogens with one attached hydrogen (secondary N) is 1. The van der Waals surface area contributed by atoms with Crippen LogP contribution < -0.4 is 5.32 Å². The zero-order chi connectivity index (χ0) is 19.3. The molecule has 1 aliphatic heterocycles. The minimum absolute atomic E-state index is 0.135. The highest BCUT2D eigenvalue weighted by molar-refractivity contribution is 7.89. The molecule has 2 aliphatic rings. The van der Waals surface area contributed by atoms with Crippen molar-refractivity contribution in [2.45, 2.75) is 75.1 Å². The van der Waals surface area contributed by atoms with Crippen molar-refractivity contribution in [3.05, 3.63) is 28.8 Å². The highest BCUT2D eigenvalue weighted by atomic mass is 35.5. The van der Waals surface area contributed by atoms with Crippen LogP contribution in [0, 0.1) is 0 Å². The second-order valence-corrected chi connectivity index (χ2v) is 9.97. The van der Waals surface area contributed by atoms with Gasteiger partial charge < -0.3 is 5.32 Å². The molecule has 0 atom stereocenters. The molecule has 0 radical (unpaired) electrons. The van der Waals surface area contributed by atoms with Gasteiger partial charge in [0.25, 0.3) is 5.91 Å². The third-order valence-electron chi connectivity index (χ3n) is 5.58. The minimum Gasteiger partial charge on any atom is -0.349 e. The van der Waals surface area contributed by atoms with Crippen molar-refractivity contribution in [3.63, 3.8) is 0 Å². The lowest BCUT2D eigenvalue weighted by molar-refractivity contribution is 0.0930. The third kappa shape index (κ3) is 5.24. The molecule has 0 unspecified atom stereocenters. The summed E-state index contributed by atoms with van der Waals surface area (Å²) in [4.78, 5) is 12.9. The number of halogens is 1. The summed E-state index contributed by atoms with van der Waals surface area (Å²) in [7, 11) is -3.58. The lowest BCUT2D eigenvalue weighted by Gasteiger charge is -2.26. The van der Waals surface area contributed by atoms with Crippen LogP contribution in [0.5, 0.6) is 0 Å². The molecular formula is C20H29ClN2O3S. The van der Waals surface area contributed by atoms with Crippen molar-refractivity contribution in [2.75, 3.05) is 13.1 Å². The Labute approximate surface area is 167 Å². The van der Waals surface area contributed by atoms with Crippen LogP contribution in [-0.2, 0) is 10.0 Å². The Morgan fingerprint density at radius 3 is 2.22 bits per heavy atom. The van der Waals surface area contributed by atoms with Crippen LogP contribution in [0.2, 0.25) is 5.02 Å². The Kier molecular flexibility index (Phi) is 7.17. The summed E-state index contributed by atoms with van der Waals surface area (Å²) in [5, 5.41) is 3.36. The van der Waals surface area contributed by atoms with Crippen LogP contribution in [0.1, 0.15) is 74.6 Å². The second kappa shape index (κ2) is 9.39. The summed E-state index contributed by atoms with van der Waals surface area (Å²) < 4.78 is 27.3. The number of rotatable bonds is 4. The van der Waals surface area contributed by atoms with Crippen LogP contribution in [0.15, 0.2) is 23.1 Å². The highest BCUT2D eigenvalue weighted by Crippen LogP contribution is 2.26. The first kappa shape index (κ1) is 20.6. The molecule has 3 rings (SSSR count). The molecule has 1 aromatic carbocycles. The van der Waals surface area contributed by atoms with E-state index in [-0.39, 0.29) is 27.4 Å². The molecule has 0 spiro atoms. The molecule has 1 saturated carbocycles. The molecule has 27 heavy (non-hydrogen) atoms. The molecular weight excluding hydrogens is 384 g/mol. The number of hydrogen-bond donors (Lipinski definition) is 1. The predicted molar refractivity (Wildman–Crippen MR) is 108 cm³/mol. The smallest absolute Gasteiger partial charge is 0.253 e. The van der Waals surface area contributed by atoms with Gasteiger partial charge in [0.1, 0.15) is 0 Å². The monoisotopic (exact) mass is 412 g/mol. The maximum Gasteiger partial charge on any atom is 0.253 e. The molecule has 0 bridgehead atoms. The summed E-state index contributed by atoms with van der Waals surface area (Å²) in [5.74, 6) is -0.277. The Morgan fingerprint density at radius 2 is 1.56 bits per heavy atom. The molecule has 2 fully saturated rings. The van der Waals surface area contributed by atoms with E-state index in [0.717, 1.165) is 44.9 Å².